The van der Waals surface area contributed by atoms with Gasteiger partial charge in [-0.1, -0.05) is 0 Å². The van der Waals surface area contributed by atoms with E-state index >= 15 is 0 Å². The Morgan fingerprint density at radius 3 is 1.86 bits per heavy atom. The summed E-state index contributed by atoms with van der Waals surface area (Å²) in [5.74, 6) is -6.37. The lowest BCUT2D eigenvalue weighted by atomic mass is 10.1. The van der Waals surface area contributed by atoms with Crippen molar-refractivity contribution in [1.29, 1.82) is 0 Å². The van der Waals surface area contributed by atoms with Crippen LogP contribution in [0.1, 0.15) is 39.0 Å². The lowest BCUT2D eigenvalue weighted by Gasteiger charge is -2.25. The predicted octanol–water partition coefficient (Wildman–Crippen LogP) is -5.57. The Bertz CT molecular complexity index is 845. The molecule has 5 unspecified atom stereocenters. The zero-order valence-corrected chi connectivity index (χ0v) is 19.8. The van der Waals surface area contributed by atoms with Gasteiger partial charge in [0.25, 0.3) is 0 Å². The average Bonchev–Trinajstić information content (AvgIpc) is 2.75. The standard InChI is InChI=1S/C19H35N9O8/c1-8(29)14(18(35)36)28-16(33)10(4-5-12(21)30)26-17(34)11(7-13(22)31)27-15(32)9(20)3-2-6-25-19(23)24/h8-11,14,29H,2-7,20H2,1H3,(H2,21,30)(H2,22,31)(H,26,34)(H,27,32)(H,28,33)(H,35,36)(H4,23,24,25). The van der Waals surface area contributed by atoms with Crippen molar-refractivity contribution in [3.8, 4) is 0 Å². The van der Waals surface area contributed by atoms with Crippen molar-refractivity contribution < 1.29 is 39.0 Å². The first kappa shape index (κ1) is 32.0. The van der Waals surface area contributed by atoms with E-state index in [1.807, 2.05) is 5.32 Å². The number of primary amides is 2. The summed E-state index contributed by atoms with van der Waals surface area (Å²) in [5, 5.41) is 25.2. The monoisotopic (exact) mass is 517 g/mol. The molecule has 17 heteroatoms. The van der Waals surface area contributed by atoms with E-state index in [9.17, 15) is 33.9 Å². The van der Waals surface area contributed by atoms with Gasteiger partial charge in [-0.2, -0.15) is 0 Å². The van der Waals surface area contributed by atoms with E-state index in [-0.39, 0.29) is 31.8 Å². The maximum absolute atomic E-state index is 12.8. The molecule has 0 radical (unpaired) electrons. The van der Waals surface area contributed by atoms with E-state index in [0.29, 0.717) is 6.42 Å². The van der Waals surface area contributed by atoms with Crippen LogP contribution in [0.4, 0.5) is 0 Å². The number of carbonyl (C=O) groups excluding carboxylic acids is 5. The quantitative estimate of drug-likeness (QED) is 0.0492. The van der Waals surface area contributed by atoms with E-state index in [4.69, 9.17) is 33.8 Å². The summed E-state index contributed by atoms with van der Waals surface area (Å²) in [6, 6.07) is -5.87. The minimum Gasteiger partial charge on any atom is -0.480 e. The van der Waals surface area contributed by atoms with Crippen LogP contribution in [0.3, 0.4) is 0 Å². The summed E-state index contributed by atoms with van der Waals surface area (Å²) < 4.78 is 0. The van der Waals surface area contributed by atoms with Gasteiger partial charge in [-0.25, -0.2) is 4.79 Å². The predicted molar refractivity (Wildman–Crippen MR) is 125 cm³/mol. The number of guanidine groups is 1. The largest absolute Gasteiger partial charge is 0.480 e. The van der Waals surface area contributed by atoms with Crippen molar-refractivity contribution in [1.82, 2.24) is 16.0 Å². The second-order valence-corrected chi connectivity index (χ2v) is 7.92. The van der Waals surface area contributed by atoms with Crippen LogP contribution < -0.4 is 44.6 Å². The minimum absolute atomic E-state index is 0.132. The van der Waals surface area contributed by atoms with Crippen LogP contribution in [0.5, 0.6) is 0 Å². The molecule has 0 aliphatic rings. The lowest BCUT2D eigenvalue weighted by molar-refractivity contribution is -0.145. The topological polar surface area (TPSA) is 321 Å². The molecule has 0 aliphatic carbocycles. The summed E-state index contributed by atoms with van der Waals surface area (Å²) in [5.41, 5.74) is 26.4. The highest BCUT2D eigenvalue weighted by Crippen LogP contribution is 2.04. The molecule has 5 amide bonds. The Balaban J connectivity index is 5.48. The maximum Gasteiger partial charge on any atom is 0.328 e. The molecule has 0 rings (SSSR count). The third-order valence-electron chi connectivity index (χ3n) is 4.70. The van der Waals surface area contributed by atoms with Gasteiger partial charge in [0.05, 0.1) is 18.6 Å². The Labute approximate surface area is 206 Å². The molecule has 204 valence electrons. The molecule has 0 bridgehead atoms. The molecule has 0 aromatic rings. The second kappa shape index (κ2) is 15.8. The molecular formula is C19H35N9O8. The van der Waals surface area contributed by atoms with Gasteiger partial charge in [0.1, 0.15) is 12.1 Å². The van der Waals surface area contributed by atoms with Crippen molar-refractivity contribution in [3.63, 3.8) is 0 Å². The van der Waals surface area contributed by atoms with E-state index < -0.39 is 72.2 Å². The molecular weight excluding hydrogens is 482 g/mol. The molecule has 0 aromatic heterocycles. The number of hydrogen-bond acceptors (Lipinski definition) is 9. The van der Waals surface area contributed by atoms with E-state index in [2.05, 4.69) is 15.6 Å². The zero-order valence-electron chi connectivity index (χ0n) is 19.8. The van der Waals surface area contributed by atoms with Crippen LogP contribution in [0.25, 0.3) is 0 Å². The number of carbonyl (C=O) groups is 6. The van der Waals surface area contributed by atoms with Crippen LogP contribution >= 0.6 is 0 Å². The van der Waals surface area contributed by atoms with E-state index in [1.165, 1.54) is 0 Å². The number of aliphatic hydroxyl groups is 1. The number of nitrogens with one attached hydrogen (secondary N) is 3. The highest BCUT2D eigenvalue weighted by atomic mass is 16.4. The first-order valence-corrected chi connectivity index (χ1v) is 10.8. The fraction of sp³-hybridized carbons (Fsp3) is 0.632. The molecule has 0 saturated heterocycles. The SMILES string of the molecule is CC(O)C(NC(=O)C(CCC(N)=O)NC(=O)C(CC(N)=O)NC(=O)C(N)CCCN=C(N)N)C(=O)O. The third-order valence-corrected chi connectivity index (χ3v) is 4.70. The van der Waals surface area contributed by atoms with Gasteiger partial charge in [0, 0.05) is 13.0 Å². The van der Waals surface area contributed by atoms with Crippen molar-refractivity contribution in [2.45, 2.75) is 69.3 Å². The van der Waals surface area contributed by atoms with Gasteiger partial charge in [-0.05, 0) is 26.2 Å². The maximum atomic E-state index is 12.8. The third kappa shape index (κ3) is 13.0. The summed E-state index contributed by atoms with van der Waals surface area (Å²) in [4.78, 5) is 75.5. The molecule has 0 aromatic carbocycles. The van der Waals surface area contributed by atoms with Crippen molar-refractivity contribution in [3.05, 3.63) is 0 Å². The summed E-state index contributed by atoms with van der Waals surface area (Å²) in [7, 11) is 0. The molecule has 0 spiro atoms. The number of aliphatic carboxylic acids is 1. The Morgan fingerprint density at radius 2 is 1.39 bits per heavy atom. The summed E-state index contributed by atoms with van der Waals surface area (Å²) in [6.07, 6.45) is -2.41. The molecule has 0 saturated carbocycles. The Morgan fingerprint density at radius 1 is 0.833 bits per heavy atom. The average molecular weight is 518 g/mol. The van der Waals surface area contributed by atoms with Gasteiger partial charge in [0.2, 0.25) is 29.5 Å². The second-order valence-electron chi connectivity index (χ2n) is 7.92. The molecule has 0 heterocycles. The zero-order chi connectivity index (χ0) is 28.0. The molecule has 5 atom stereocenters. The fourth-order valence-corrected chi connectivity index (χ4v) is 2.81. The first-order chi connectivity index (χ1) is 16.6. The molecule has 17 nitrogen and oxygen atoms in total. The molecule has 0 aliphatic heterocycles. The highest BCUT2D eigenvalue weighted by molar-refractivity contribution is 5.96. The smallest absolute Gasteiger partial charge is 0.328 e. The van der Waals surface area contributed by atoms with Crippen LogP contribution in [0, 0.1) is 0 Å². The van der Waals surface area contributed by atoms with Crippen LogP contribution in [0.2, 0.25) is 0 Å². The number of nitrogens with zero attached hydrogens (tertiary/aromatic N) is 1. The molecule has 36 heavy (non-hydrogen) atoms. The van der Waals surface area contributed by atoms with Gasteiger partial charge in [0.15, 0.2) is 12.0 Å². The van der Waals surface area contributed by atoms with Crippen molar-refractivity contribution in [2.75, 3.05) is 6.54 Å². The summed E-state index contributed by atoms with van der Waals surface area (Å²) >= 11 is 0. The van der Waals surface area contributed by atoms with E-state index in [1.54, 1.807) is 0 Å². The minimum atomic E-state index is -1.72. The number of hydrogen-bond donors (Lipinski definition) is 10. The van der Waals surface area contributed by atoms with Gasteiger partial charge in [-0.3, -0.25) is 29.0 Å². The van der Waals surface area contributed by atoms with Gasteiger partial charge in [-0.15, -0.1) is 0 Å². The normalized spacial score (nSPS) is 14.8. The Kier molecular flexibility index (Phi) is 14.1. The number of rotatable bonds is 17. The fourth-order valence-electron chi connectivity index (χ4n) is 2.81. The van der Waals surface area contributed by atoms with Crippen molar-refractivity contribution in [2.24, 2.45) is 33.7 Å². The summed E-state index contributed by atoms with van der Waals surface area (Å²) in [6.45, 7) is 1.32. The molecule has 0 fully saturated rings. The van der Waals surface area contributed by atoms with Crippen molar-refractivity contribution >= 4 is 41.5 Å². The molecule has 15 N–H and O–H groups in total. The van der Waals surface area contributed by atoms with Crippen LogP contribution in [-0.2, 0) is 28.8 Å². The number of carboxylic acid groups (broad SMARTS) is 1. The number of amides is 5. The first-order valence-electron chi connectivity index (χ1n) is 10.8. The lowest BCUT2D eigenvalue weighted by Crippen LogP contribution is -2.58. The van der Waals surface area contributed by atoms with Crippen LogP contribution in [-0.4, -0.2) is 88.5 Å². The number of carboxylic acids is 1. The number of aliphatic hydroxyl groups excluding tert-OH is 1. The van der Waals surface area contributed by atoms with Gasteiger partial charge < -0.3 is 54.8 Å². The number of nitrogens with two attached hydrogens (primary N) is 5. The van der Waals surface area contributed by atoms with E-state index in [0.717, 1.165) is 6.92 Å². The highest BCUT2D eigenvalue weighted by Gasteiger charge is 2.32. The van der Waals surface area contributed by atoms with Gasteiger partial charge >= 0.3 is 5.97 Å². The van der Waals surface area contributed by atoms with Crippen LogP contribution in [0.15, 0.2) is 4.99 Å². The Hall–Kier alpha value is -3.99. The number of aliphatic imine (C=N–C) groups is 1.